The Labute approximate surface area is 344 Å². The van der Waals surface area contributed by atoms with Crippen molar-refractivity contribution in [2.75, 3.05) is 40.5 Å². The molecule has 4 aliphatic rings. The lowest BCUT2D eigenvalue weighted by molar-refractivity contribution is -0.135. The van der Waals surface area contributed by atoms with Crippen LogP contribution < -0.4 is 20.1 Å². The van der Waals surface area contributed by atoms with Crippen LogP contribution in [0.4, 0.5) is 9.59 Å². The Morgan fingerprint density at radius 3 is 1.88 bits per heavy atom. The summed E-state index contributed by atoms with van der Waals surface area (Å²) in [5, 5.41) is 5.42. The number of hydrogen-bond acceptors (Lipinski definition) is 10. The van der Waals surface area contributed by atoms with E-state index in [9.17, 15) is 19.2 Å². The second kappa shape index (κ2) is 18.0. The number of carbonyl (C=O) groups is 4. The van der Waals surface area contributed by atoms with Gasteiger partial charge in [0.25, 0.3) is 0 Å². The van der Waals surface area contributed by atoms with Crippen molar-refractivity contribution in [3.8, 4) is 33.9 Å². The van der Waals surface area contributed by atoms with Crippen molar-refractivity contribution in [3.63, 3.8) is 0 Å². The molecule has 3 aromatic rings. The monoisotopic (exact) mass is 809 g/mol. The van der Waals surface area contributed by atoms with Gasteiger partial charge in [0.1, 0.15) is 29.4 Å². The average molecular weight is 810 g/mol. The third-order valence-electron chi connectivity index (χ3n) is 11.6. The van der Waals surface area contributed by atoms with Gasteiger partial charge in [-0.25, -0.2) is 14.6 Å². The quantitative estimate of drug-likeness (QED) is 0.206. The van der Waals surface area contributed by atoms with Crippen molar-refractivity contribution >= 4 is 35.3 Å². The van der Waals surface area contributed by atoms with Gasteiger partial charge in [0.2, 0.25) is 11.8 Å². The molecule has 2 aromatic carbocycles. The molecule has 0 spiro atoms. The maximum absolute atomic E-state index is 13.7. The van der Waals surface area contributed by atoms with Crippen LogP contribution in [-0.2, 0) is 19.1 Å². The molecule has 4 amide bonds. The maximum atomic E-state index is 13.7. The first kappa shape index (κ1) is 41.3. The SMILES string of the molecule is COC(=O)N[C@H](C(=O)N1CCC[C@H]1C1=NC=C(c2ccc3c(c2)OCCCOc2cc(-c4cnc([C@@H]5CCCN5C(=O)[C@@H](NC(=O)OC)C(C)C)[nH]4)ccc2-3)C1)C(C)C. The number of amides is 4. The van der Waals surface area contributed by atoms with Crippen molar-refractivity contribution in [2.45, 2.75) is 90.4 Å². The molecule has 15 nitrogen and oxygen atoms in total. The number of aromatic nitrogens is 2. The number of aromatic amines is 1. The number of nitrogens with one attached hydrogen (secondary N) is 3. The predicted molar refractivity (Wildman–Crippen MR) is 222 cm³/mol. The zero-order valence-electron chi connectivity index (χ0n) is 34.7. The van der Waals surface area contributed by atoms with E-state index >= 15 is 0 Å². The second-order valence-corrected chi connectivity index (χ2v) is 16.2. The fourth-order valence-corrected chi connectivity index (χ4v) is 8.45. The first-order valence-corrected chi connectivity index (χ1v) is 20.6. The van der Waals surface area contributed by atoms with Gasteiger partial charge >= 0.3 is 12.2 Å². The largest absolute Gasteiger partial charge is 0.493 e. The summed E-state index contributed by atoms with van der Waals surface area (Å²) < 4.78 is 22.3. The molecule has 5 heterocycles. The van der Waals surface area contributed by atoms with E-state index < -0.39 is 24.3 Å². The zero-order valence-corrected chi connectivity index (χ0v) is 34.7. The summed E-state index contributed by atoms with van der Waals surface area (Å²) in [5.41, 5.74) is 6.48. The Kier molecular flexibility index (Phi) is 12.6. The molecule has 0 radical (unpaired) electrons. The van der Waals surface area contributed by atoms with E-state index in [0.29, 0.717) is 45.0 Å². The number of nitrogens with zero attached hydrogens (tertiary/aromatic N) is 4. The van der Waals surface area contributed by atoms with Gasteiger partial charge in [0.05, 0.1) is 51.4 Å². The number of imidazole rings is 1. The number of aliphatic imine (C=N–C) groups is 1. The third-order valence-corrected chi connectivity index (χ3v) is 11.6. The molecule has 314 valence electrons. The molecule has 4 atom stereocenters. The molecule has 0 saturated carbocycles. The van der Waals surface area contributed by atoms with Crippen molar-refractivity contribution in [1.29, 1.82) is 0 Å². The molecule has 0 bridgehead atoms. The van der Waals surface area contributed by atoms with Crippen LogP contribution in [0.2, 0.25) is 0 Å². The summed E-state index contributed by atoms with van der Waals surface area (Å²) in [6.45, 7) is 9.76. The standard InChI is InChI=1S/C44H55N7O8/c1-25(2)38(48-43(54)56-5)41(52)50-16-7-10-34(50)32-20-29(23-45-32)27-12-14-30-31-15-13-28(22-37(31)59-19-9-18-58-36(30)21-27)33-24-46-40(47-33)35-11-8-17-51(35)42(53)39(26(3)4)49-44(55)57-6/h12-15,21-26,34-35,38-39H,7-11,16-20H2,1-6H3,(H,46,47)(H,48,54)(H,49,55)/t34-,35-,38-,39-/m0/s1. The highest BCUT2D eigenvalue weighted by Gasteiger charge is 2.39. The number of fused-ring (bicyclic) bond motifs is 3. The van der Waals surface area contributed by atoms with E-state index in [1.54, 1.807) is 11.1 Å². The molecule has 15 heteroatoms. The molecular formula is C44H55N7O8. The fraction of sp³-hybridized carbons (Fsp3) is 0.500. The molecule has 0 unspecified atom stereocenters. The van der Waals surface area contributed by atoms with E-state index in [1.165, 1.54) is 14.2 Å². The van der Waals surface area contributed by atoms with Gasteiger partial charge in [-0.2, -0.15) is 0 Å². The Balaban J connectivity index is 1.07. The highest BCUT2D eigenvalue weighted by atomic mass is 16.5. The lowest BCUT2D eigenvalue weighted by Gasteiger charge is -2.31. The third kappa shape index (κ3) is 8.79. The van der Waals surface area contributed by atoms with Gasteiger partial charge in [-0.05, 0) is 72.9 Å². The number of benzene rings is 2. The summed E-state index contributed by atoms with van der Waals surface area (Å²) in [7, 11) is 2.58. The van der Waals surface area contributed by atoms with Gasteiger partial charge in [0.15, 0.2) is 0 Å². The van der Waals surface area contributed by atoms with Crippen molar-refractivity contribution in [3.05, 3.63) is 60.2 Å². The van der Waals surface area contributed by atoms with Gasteiger partial charge in [-0.15, -0.1) is 0 Å². The number of alkyl carbamates (subject to hydrolysis) is 2. The number of carbonyl (C=O) groups excluding carboxylic acids is 4. The van der Waals surface area contributed by atoms with E-state index in [1.807, 2.05) is 57.0 Å². The second-order valence-electron chi connectivity index (χ2n) is 16.2. The zero-order chi connectivity index (χ0) is 41.8. The Morgan fingerprint density at radius 2 is 1.31 bits per heavy atom. The minimum Gasteiger partial charge on any atom is -0.493 e. The van der Waals surface area contributed by atoms with Crippen molar-refractivity contribution < 1.29 is 38.1 Å². The van der Waals surface area contributed by atoms with Crippen LogP contribution in [0.15, 0.2) is 53.8 Å². The minimum absolute atomic E-state index is 0.107. The topological polar surface area (TPSA) is 177 Å². The number of rotatable bonds is 10. The smallest absolute Gasteiger partial charge is 0.407 e. The molecule has 7 rings (SSSR count). The van der Waals surface area contributed by atoms with Gasteiger partial charge < -0.3 is 44.4 Å². The minimum atomic E-state index is -0.710. The Hall–Kier alpha value is -5.86. The van der Waals surface area contributed by atoms with Gasteiger partial charge in [0, 0.05) is 54.5 Å². The number of hydrogen-bond donors (Lipinski definition) is 3. The molecule has 4 aliphatic heterocycles. The lowest BCUT2D eigenvalue weighted by atomic mass is 9.94. The van der Waals surface area contributed by atoms with E-state index in [2.05, 4.69) is 33.8 Å². The van der Waals surface area contributed by atoms with Gasteiger partial charge in [-0.1, -0.05) is 39.8 Å². The van der Waals surface area contributed by atoms with Crippen LogP contribution in [0.25, 0.3) is 28.0 Å². The van der Waals surface area contributed by atoms with Gasteiger partial charge in [-0.3, -0.25) is 14.6 Å². The first-order valence-electron chi connectivity index (χ1n) is 20.6. The fourth-order valence-electron chi connectivity index (χ4n) is 8.45. The van der Waals surface area contributed by atoms with Crippen LogP contribution in [0.5, 0.6) is 11.5 Å². The molecule has 3 N–H and O–H groups in total. The Bertz CT molecular complexity index is 2130. The number of ether oxygens (including phenoxy) is 4. The molecule has 2 saturated heterocycles. The number of methoxy groups -OCH3 is 2. The van der Waals surface area contributed by atoms with Crippen LogP contribution in [0, 0.1) is 11.8 Å². The highest BCUT2D eigenvalue weighted by Crippen LogP contribution is 2.42. The van der Waals surface area contributed by atoms with Crippen LogP contribution in [0.3, 0.4) is 0 Å². The van der Waals surface area contributed by atoms with Crippen LogP contribution in [0.1, 0.15) is 83.6 Å². The van der Waals surface area contributed by atoms with Crippen molar-refractivity contribution in [2.24, 2.45) is 16.8 Å². The van der Waals surface area contributed by atoms with E-state index in [4.69, 9.17) is 28.9 Å². The number of allylic oxidation sites excluding steroid dienone is 1. The molecular weight excluding hydrogens is 755 g/mol. The first-order chi connectivity index (χ1) is 28.5. The Morgan fingerprint density at radius 1 is 0.763 bits per heavy atom. The summed E-state index contributed by atoms with van der Waals surface area (Å²) >= 11 is 0. The maximum Gasteiger partial charge on any atom is 0.407 e. The summed E-state index contributed by atoms with van der Waals surface area (Å²) in [4.78, 5) is 68.1. The average Bonchev–Trinajstić information content (AvgIpc) is 4.07. The predicted octanol–water partition coefficient (Wildman–Crippen LogP) is 6.51. The molecule has 2 fully saturated rings. The molecule has 0 aliphatic carbocycles. The van der Waals surface area contributed by atoms with Crippen molar-refractivity contribution in [1.82, 2.24) is 30.4 Å². The normalized spacial score (nSPS) is 19.9. The lowest BCUT2D eigenvalue weighted by Crippen LogP contribution is -2.53. The molecule has 1 aromatic heterocycles. The summed E-state index contributed by atoms with van der Waals surface area (Å²) in [5.74, 6) is 1.66. The van der Waals surface area contributed by atoms with E-state index in [0.717, 1.165) is 76.4 Å². The highest BCUT2D eigenvalue weighted by molar-refractivity contribution is 6.04. The molecule has 59 heavy (non-hydrogen) atoms. The summed E-state index contributed by atoms with van der Waals surface area (Å²) in [6.07, 6.45) is 6.99. The van der Waals surface area contributed by atoms with Crippen LogP contribution in [-0.4, -0.2) is 108 Å². The number of H-pyrrole nitrogens is 1. The number of likely N-dealkylation sites (tertiary alicyclic amines) is 2. The van der Waals surface area contributed by atoms with E-state index in [-0.39, 0.29) is 35.7 Å². The summed E-state index contributed by atoms with van der Waals surface area (Å²) in [6, 6.07) is 10.5. The van der Waals surface area contributed by atoms with Crippen LogP contribution >= 0.6 is 0 Å².